The minimum absolute atomic E-state index is 0. The maximum Gasteiger partial charge on any atom is 0.127 e. The monoisotopic (exact) mass is 2150 g/mol. The molecule has 16 heteroatoms. The minimum atomic E-state index is 0. The third-order valence-electron chi connectivity index (χ3n) is 20.3. The first-order chi connectivity index (χ1) is 52.9. The van der Waals surface area contributed by atoms with E-state index < -0.39 is 0 Å². The zero-order chi connectivity index (χ0) is 71.5. The third kappa shape index (κ3) is 13.7. The van der Waals surface area contributed by atoms with Crippen LogP contribution in [0.25, 0.3) is 66.8 Å². The number of hydrazone groups is 4. The van der Waals surface area contributed by atoms with Gasteiger partial charge in [-0.3, -0.25) is 0 Å². The zero-order valence-corrected chi connectivity index (χ0v) is 69.7. The second-order valence-electron chi connectivity index (χ2n) is 26.7. The first kappa shape index (κ1) is 75.2. The van der Waals surface area contributed by atoms with Crippen LogP contribution in [0.2, 0.25) is 0 Å². The summed E-state index contributed by atoms with van der Waals surface area (Å²) in [6.45, 7) is 14.6. The molecular formula is C95H66Ir4N12-8. The molecule has 8 aliphatic heterocycles. The number of hydrogen-bond donors (Lipinski definition) is 0. The smallest absolute Gasteiger partial charge is 0.127 e. The van der Waals surface area contributed by atoms with Crippen molar-refractivity contribution in [3.05, 3.63) is 411 Å². The van der Waals surface area contributed by atoms with Gasteiger partial charge < -0.3 is 39.6 Å². The van der Waals surface area contributed by atoms with Crippen molar-refractivity contribution in [2.45, 2.75) is 20.8 Å². The Bertz CT molecular complexity index is 5930. The Labute approximate surface area is 702 Å². The van der Waals surface area contributed by atoms with E-state index in [4.69, 9.17) is 20.4 Å². The molecule has 4 radical (unpaired) electrons. The predicted octanol–water partition coefficient (Wildman–Crippen LogP) is 21.3. The molecule has 0 saturated carbocycles. The summed E-state index contributed by atoms with van der Waals surface area (Å²) < 4.78 is 0. The summed E-state index contributed by atoms with van der Waals surface area (Å²) in [5, 5.41) is 27.6. The Kier molecular flexibility index (Phi) is 21.9. The van der Waals surface area contributed by atoms with Crippen LogP contribution in [-0.2, 0) is 80.4 Å². The van der Waals surface area contributed by atoms with Gasteiger partial charge in [0.2, 0.25) is 0 Å². The van der Waals surface area contributed by atoms with Gasteiger partial charge in [-0.2, -0.15) is 117 Å². The van der Waals surface area contributed by atoms with Crippen molar-refractivity contribution >= 4 is 68.8 Å². The second-order valence-corrected chi connectivity index (χ2v) is 26.7. The van der Waals surface area contributed by atoms with E-state index >= 15 is 0 Å². The molecule has 0 unspecified atom stereocenters. The van der Waals surface area contributed by atoms with Gasteiger partial charge in [0, 0.05) is 137 Å². The molecule has 0 atom stereocenters. The van der Waals surface area contributed by atoms with E-state index in [0.717, 1.165) is 96.7 Å². The molecule has 14 aromatic rings. The molecule has 111 heavy (non-hydrogen) atoms. The van der Waals surface area contributed by atoms with Crippen LogP contribution < -0.4 is 39.6 Å². The topological polar surface area (TPSA) is 75.4 Å². The number of fused-ring (bicyclic) bond motifs is 24. The fraction of sp³-hybridized carbons (Fsp3) is 0.0316. The molecule has 8 aliphatic rings. The summed E-state index contributed by atoms with van der Waals surface area (Å²) in [4.78, 5) is 8.54. The van der Waals surface area contributed by atoms with Gasteiger partial charge in [0.25, 0.3) is 0 Å². The molecule has 550 valence electrons. The van der Waals surface area contributed by atoms with Crippen molar-refractivity contribution in [2.24, 2.45) is 20.4 Å². The number of hydrogen-bond acceptors (Lipinski definition) is 12. The average molecular weight is 2140 g/mol. The Morgan fingerprint density at radius 2 is 0.495 bits per heavy atom. The van der Waals surface area contributed by atoms with Crippen LogP contribution in [0.1, 0.15) is 38.9 Å². The Hall–Kier alpha value is -11.2. The van der Waals surface area contributed by atoms with Crippen molar-refractivity contribution < 1.29 is 80.4 Å². The van der Waals surface area contributed by atoms with Crippen molar-refractivity contribution in [1.29, 1.82) is 0 Å². The number of aryl methyl sites for hydroxylation is 3. The molecule has 8 heterocycles. The van der Waals surface area contributed by atoms with Crippen molar-refractivity contribution in [2.75, 3.05) is 39.6 Å². The largest absolute Gasteiger partial charge is 0.476 e. The number of nitrogens with zero attached hydrogens (tertiary/aromatic N) is 12. The summed E-state index contributed by atoms with van der Waals surface area (Å²) in [5.41, 5.74) is 31.0. The van der Waals surface area contributed by atoms with E-state index in [2.05, 4.69) is 315 Å². The molecular weight excluding hydrogens is 2080 g/mol. The molecule has 0 N–H and O–H groups in total. The Balaban J connectivity index is 0.000000117. The number of rotatable bonds is 6. The van der Waals surface area contributed by atoms with Crippen LogP contribution in [0.4, 0.5) is 45.5 Å². The number of anilines is 8. The van der Waals surface area contributed by atoms with Gasteiger partial charge >= 0.3 is 0 Å². The van der Waals surface area contributed by atoms with Gasteiger partial charge in [0.05, 0.1) is 0 Å². The van der Waals surface area contributed by atoms with E-state index in [1.807, 2.05) is 118 Å². The molecule has 0 spiro atoms. The number of para-hydroxylation sites is 8. The molecule has 0 aromatic heterocycles. The first-order valence-corrected chi connectivity index (χ1v) is 35.8. The molecule has 22 rings (SSSR count). The predicted molar refractivity (Wildman–Crippen MR) is 437 cm³/mol. The maximum atomic E-state index is 5.07. The SMILES string of the molecule is Cc1cccc(C)c1-c1ccccc1N1[CH-]N2C(=N1)c1ccccc1-c1ccc[c-]c12.Cc1ccccc1N1[CH-]N2C(=N1)c1ccccc1-c1ccc[c-]c12.[Ir].[Ir].[Ir].[Ir].[c-]1cccc2c1N1[CH-]N(c3ccccc3)N=C1c1ccccc1-2.[c-]1cccc2c1N1[CH-]N(c3ccccc3-c3ccccc3)N=C1c1ccccc1-2. The Morgan fingerprint density at radius 1 is 0.225 bits per heavy atom. The van der Waals surface area contributed by atoms with Gasteiger partial charge in [-0.15, -0.1) is 48.9 Å². The fourth-order valence-corrected chi connectivity index (χ4v) is 15.3. The molecule has 0 saturated heterocycles. The quantitative estimate of drug-likeness (QED) is 0.152. The van der Waals surface area contributed by atoms with Crippen LogP contribution in [0.3, 0.4) is 0 Å². The van der Waals surface area contributed by atoms with Gasteiger partial charge in [-0.05, 0) is 78.9 Å². The summed E-state index contributed by atoms with van der Waals surface area (Å²) in [6.07, 6.45) is 0. The van der Waals surface area contributed by atoms with Crippen LogP contribution in [-0.4, -0.2) is 23.3 Å². The van der Waals surface area contributed by atoms with E-state index in [-0.39, 0.29) is 80.4 Å². The third-order valence-corrected chi connectivity index (χ3v) is 20.3. The van der Waals surface area contributed by atoms with Crippen molar-refractivity contribution in [1.82, 2.24) is 0 Å². The summed E-state index contributed by atoms with van der Waals surface area (Å²) >= 11 is 0. The second kappa shape index (κ2) is 32.4. The van der Waals surface area contributed by atoms with Crippen molar-refractivity contribution in [3.63, 3.8) is 0 Å². The van der Waals surface area contributed by atoms with Crippen LogP contribution in [0.5, 0.6) is 0 Å². The fourth-order valence-electron chi connectivity index (χ4n) is 15.3. The van der Waals surface area contributed by atoms with Crippen LogP contribution in [0.15, 0.2) is 342 Å². The Morgan fingerprint density at radius 3 is 0.883 bits per heavy atom. The van der Waals surface area contributed by atoms with E-state index in [1.165, 1.54) is 77.9 Å². The van der Waals surface area contributed by atoms with Crippen LogP contribution >= 0.6 is 0 Å². The van der Waals surface area contributed by atoms with Gasteiger partial charge in [-0.1, -0.05) is 263 Å². The summed E-state index contributed by atoms with van der Waals surface area (Å²) in [7, 11) is 0. The van der Waals surface area contributed by atoms with Crippen LogP contribution in [0, 0.1) is 71.7 Å². The van der Waals surface area contributed by atoms with Gasteiger partial charge in [0.15, 0.2) is 0 Å². The first-order valence-electron chi connectivity index (χ1n) is 35.8. The molecule has 0 fully saturated rings. The standard InChI is InChI=1S/C28H21N3.C26H17N3.C21H15N3.C20H13N3.4Ir/c1-19-10-9-11-20(2)27(19)24-15-6-8-17-26(24)31-18-30-25-16-7-5-13-22(25)21-12-3-4-14-23(21)28(30)29-31;1-2-10-19(11-3-1)20-12-6-9-17-25(20)29-18-28-24-16-8-7-14-22(24)21-13-4-5-15-23(21)26(28)27-29;1-15-8-2-6-12-19(15)24-14-23-20-13-7-5-10-17(20)16-9-3-4-11-18(16)21(23)22-24;1-2-8-15(9-3-1)23-14-22-19-13-7-6-11-17(19)16-10-4-5-12-18(16)20(22)21-23;;;;/h3-15,17-18H,1-2H3;1-15,17-18H;2-12,14H,1H3;1-12,14H;;;;/q4*-2;;;;. The van der Waals surface area contributed by atoms with Crippen molar-refractivity contribution in [3.8, 4) is 66.8 Å². The average Bonchev–Trinajstić information content (AvgIpc) is 1.66. The van der Waals surface area contributed by atoms with E-state index in [1.54, 1.807) is 0 Å². The number of benzene rings is 14. The molecule has 14 aromatic carbocycles. The molecule has 0 bridgehead atoms. The van der Waals surface area contributed by atoms with E-state index in [9.17, 15) is 0 Å². The molecule has 0 aliphatic carbocycles. The van der Waals surface area contributed by atoms with Gasteiger partial charge in [0.1, 0.15) is 23.3 Å². The molecule has 0 amide bonds. The number of amidine groups is 4. The minimum Gasteiger partial charge on any atom is -0.476 e. The summed E-state index contributed by atoms with van der Waals surface area (Å²) in [6, 6.07) is 124. The zero-order valence-electron chi connectivity index (χ0n) is 60.1. The normalized spacial score (nSPS) is 13.9. The maximum absolute atomic E-state index is 5.07. The molecule has 12 nitrogen and oxygen atoms in total. The summed E-state index contributed by atoms with van der Waals surface area (Å²) in [5.74, 6) is 3.75. The van der Waals surface area contributed by atoms with E-state index in [0.29, 0.717) is 0 Å². The van der Waals surface area contributed by atoms with Gasteiger partial charge in [-0.25, -0.2) is 0 Å².